The summed E-state index contributed by atoms with van der Waals surface area (Å²) in [7, 11) is -5.04. The summed E-state index contributed by atoms with van der Waals surface area (Å²) >= 11 is 0. The van der Waals surface area contributed by atoms with E-state index in [0.29, 0.717) is 13.0 Å². The van der Waals surface area contributed by atoms with Crippen molar-refractivity contribution in [3.05, 3.63) is 109 Å². The molecule has 1 rings (SSSR count). The van der Waals surface area contributed by atoms with Crippen LogP contribution in [0.3, 0.4) is 0 Å². The maximum absolute atomic E-state index is 12.9. The number of hydrogen-bond donors (Lipinski definition) is 6. The zero-order chi connectivity index (χ0) is 49.8. The second kappa shape index (κ2) is 44.0. The van der Waals surface area contributed by atoms with Crippen molar-refractivity contribution in [2.75, 3.05) is 19.8 Å². The van der Waals surface area contributed by atoms with E-state index in [1.807, 2.05) is 0 Å². The zero-order valence-electron chi connectivity index (χ0n) is 41.6. The molecule has 13 heteroatoms. The van der Waals surface area contributed by atoms with Gasteiger partial charge in [0.15, 0.2) is 0 Å². The molecule has 68 heavy (non-hydrogen) atoms. The predicted octanol–water partition coefficient (Wildman–Crippen LogP) is 11.6. The largest absolute Gasteiger partial charge is 0.472 e. The minimum Gasteiger partial charge on any atom is -0.457 e. The van der Waals surface area contributed by atoms with E-state index in [0.717, 1.165) is 141 Å². The topological polar surface area (TPSA) is 192 Å². The van der Waals surface area contributed by atoms with E-state index in [-0.39, 0.29) is 13.0 Å². The second-order valence-electron chi connectivity index (χ2n) is 17.3. The molecule has 1 saturated carbocycles. The van der Waals surface area contributed by atoms with Crippen LogP contribution in [0.4, 0.5) is 0 Å². The Balaban J connectivity index is 2.37. The molecule has 6 atom stereocenters. The Morgan fingerprint density at radius 3 is 1.25 bits per heavy atom. The molecule has 6 unspecified atom stereocenters. The van der Waals surface area contributed by atoms with Gasteiger partial charge in [0.1, 0.15) is 42.7 Å². The van der Waals surface area contributed by atoms with Crippen LogP contribution >= 0.6 is 7.82 Å². The van der Waals surface area contributed by atoms with Crippen LogP contribution in [0.5, 0.6) is 0 Å². The van der Waals surface area contributed by atoms with Crippen molar-refractivity contribution in [2.45, 2.75) is 211 Å². The Morgan fingerprint density at radius 1 is 0.471 bits per heavy atom. The molecule has 388 valence electrons. The molecule has 0 aliphatic heterocycles. The monoisotopic (exact) mass is 975 g/mol. The maximum atomic E-state index is 12.9. The lowest BCUT2D eigenvalue weighted by Gasteiger charge is -2.41. The second-order valence-corrected chi connectivity index (χ2v) is 18.7. The number of aliphatic hydroxyl groups is 5. The molecular weight excluding hydrogens is 884 g/mol. The van der Waals surface area contributed by atoms with Gasteiger partial charge in [-0.2, -0.15) is 0 Å². The number of phosphoric acid groups is 1. The number of ether oxygens (including phenoxy) is 2. The number of esters is 1. The fourth-order valence-corrected chi connectivity index (χ4v) is 8.11. The molecule has 0 aromatic rings. The maximum Gasteiger partial charge on any atom is 0.472 e. The first kappa shape index (κ1) is 63.0. The van der Waals surface area contributed by atoms with Gasteiger partial charge < -0.3 is 39.9 Å². The average Bonchev–Trinajstić information content (AvgIpc) is 3.32. The van der Waals surface area contributed by atoms with Crippen LogP contribution < -0.4 is 0 Å². The highest BCUT2D eigenvalue weighted by Gasteiger charge is 2.51. The molecule has 12 nitrogen and oxygen atoms in total. The lowest BCUT2D eigenvalue weighted by atomic mass is 9.85. The summed E-state index contributed by atoms with van der Waals surface area (Å²) in [4.78, 5) is 23.2. The Labute approximate surface area is 410 Å². The van der Waals surface area contributed by atoms with Crippen LogP contribution in [-0.4, -0.2) is 98.9 Å². The van der Waals surface area contributed by atoms with Crippen molar-refractivity contribution in [2.24, 2.45) is 0 Å². The van der Waals surface area contributed by atoms with Crippen LogP contribution in [-0.2, 0) is 27.9 Å². The smallest absolute Gasteiger partial charge is 0.457 e. The number of allylic oxidation sites excluding steroid dienone is 18. The average molecular weight is 975 g/mol. The van der Waals surface area contributed by atoms with Gasteiger partial charge in [-0.3, -0.25) is 13.8 Å². The molecule has 0 spiro atoms. The predicted molar refractivity (Wildman–Crippen MR) is 276 cm³/mol. The number of hydrogen-bond acceptors (Lipinski definition) is 11. The third-order valence-corrected chi connectivity index (χ3v) is 12.1. The molecule has 0 aromatic carbocycles. The number of carbonyl (C=O) groups excluding carboxylic acids is 1. The molecular formula is C55H91O12P. The van der Waals surface area contributed by atoms with Gasteiger partial charge in [0.05, 0.1) is 13.2 Å². The number of rotatable bonds is 42. The Bertz CT molecular complexity index is 1530. The summed E-state index contributed by atoms with van der Waals surface area (Å²) in [6, 6.07) is 0. The molecule has 1 aliphatic rings. The van der Waals surface area contributed by atoms with Crippen molar-refractivity contribution in [3.63, 3.8) is 0 Å². The van der Waals surface area contributed by atoms with Crippen molar-refractivity contribution < 1.29 is 58.3 Å². The Kier molecular flexibility index (Phi) is 40.8. The van der Waals surface area contributed by atoms with E-state index in [1.165, 1.54) is 0 Å². The van der Waals surface area contributed by atoms with Gasteiger partial charge in [-0.1, -0.05) is 175 Å². The van der Waals surface area contributed by atoms with E-state index >= 15 is 0 Å². The van der Waals surface area contributed by atoms with Gasteiger partial charge in [-0.15, -0.1) is 0 Å². The Morgan fingerprint density at radius 2 is 0.824 bits per heavy atom. The fraction of sp³-hybridized carbons (Fsp3) is 0.655. The highest BCUT2D eigenvalue weighted by atomic mass is 31.2. The van der Waals surface area contributed by atoms with Gasteiger partial charge in [0.25, 0.3) is 0 Å². The first-order valence-electron chi connectivity index (χ1n) is 25.7. The lowest BCUT2D eigenvalue weighted by Crippen LogP contribution is -2.64. The standard InChI is InChI=1S/C55H91O12P/c1-3-5-7-9-11-13-15-17-19-21-22-23-24-25-26-27-29-31-33-35-37-39-41-43-45-64-46-48(47-65-68(62,63)67-55-53(60)51(58)50(57)52(59)54(55)61)66-49(56)44-42-40-38-36-34-32-30-28-20-18-16-14-12-10-8-6-4-2/h5-8,11-14,17-20,22-23,25-26,29,31,48,50-55,57-61H,3-4,9-10,15-16,21,24,27-28,30,32-47H2,1-2H3,(H,62,63)/b7-5-,8-6-,13-11-,14-12-,19-17-,20-18-,23-22-,26-25-,31-29-. The van der Waals surface area contributed by atoms with E-state index in [2.05, 4.69) is 123 Å². The molecule has 0 heterocycles. The van der Waals surface area contributed by atoms with Crippen LogP contribution in [0.1, 0.15) is 168 Å². The molecule has 0 saturated heterocycles. The summed E-state index contributed by atoms with van der Waals surface area (Å²) in [5.74, 6) is -0.500. The van der Waals surface area contributed by atoms with E-state index < -0.39 is 63.1 Å². The molecule has 1 fully saturated rings. The summed E-state index contributed by atoms with van der Waals surface area (Å²) in [6.45, 7) is 3.97. The van der Waals surface area contributed by atoms with Crippen LogP contribution in [0.25, 0.3) is 0 Å². The molecule has 6 N–H and O–H groups in total. The van der Waals surface area contributed by atoms with Crippen LogP contribution in [0.2, 0.25) is 0 Å². The number of carbonyl (C=O) groups is 1. The van der Waals surface area contributed by atoms with E-state index in [9.17, 15) is 39.8 Å². The first-order valence-corrected chi connectivity index (χ1v) is 27.2. The highest BCUT2D eigenvalue weighted by molar-refractivity contribution is 7.47. The van der Waals surface area contributed by atoms with Gasteiger partial charge in [-0.25, -0.2) is 4.57 Å². The van der Waals surface area contributed by atoms with Gasteiger partial charge in [0, 0.05) is 13.0 Å². The highest BCUT2D eigenvalue weighted by Crippen LogP contribution is 2.47. The summed E-state index contributed by atoms with van der Waals surface area (Å²) in [5, 5.41) is 50.3. The molecule has 0 bridgehead atoms. The molecule has 0 radical (unpaired) electrons. The summed E-state index contributed by atoms with van der Waals surface area (Å²) in [6.07, 6.45) is 50.0. The van der Waals surface area contributed by atoms with E-state index in [1.54, 1.807) is 0 Å². The summed E-state index contributed by atoms with van der Waals surface area (Å²) in [5.41, 5.74) is 0. The zero-order valence-corrected chi connectivity index (χ0v) is 42.5. The van der Waals surface area contributed by atoms with Crippen LogP contribution in [0.15, 0.2) is 109 Å². The number of aliphatic hydroxyl groups excluding tert-OH is 5. The lowest BCUT2D eigenvalue weighted by molar-refractivity contribution is -0.220. The third kappa shape index (κ3) is 35.2. The van der Waals surface area contributed by atoms with E-state index in [4.69, 9.17) is 18.5 Å². The molecule has 1 aliphatic carbocycles. The third-order valence-electron chi connectivity index (χ3n) is 11.1. The first-order chi connectivity index (χ1) is 33.0. The minimum absolute atomic E-state index is 0.102. The van der Waals surface area contributed by atoms with Gasteiger partial charge in [-0.05, 0) is 96.3 Å². The van der Waals surface area contributed by atoms with Crippen molar-refractivity contribution >= 4 is 13.8 Å². The van der Waals surface area contributed by atoms with Gasteiger partial charge >= 0.3 is 13.8 Å². The number of unbranched alkanes of at least 4 members (excludes halogenated alkanes) is 12. The SMILES string of the molecule is CC/C=C\C/C=C\C/C=C\C/C=C\C/C=C\C/C=C\CCCCCCCOCC(COP(=O)(O)OC1C(O)C(O)C(O)C(O)C1O)OC(=O)CCCCCCCCC/C=C\C/C=C\C/C=C\CC. The van der Waals surface area contributed by atoms with Crippen LogP contribution in [0, 0.1) is 0 Å². The Hall–Kier alpha value is -3.00. The molecule has 0 aromatic heterocycles. The minimum atomic E-state index is -5.04. The normalized spacial score (nSPS) is 22.1. The van der Waals surface area contributed by atoms with Crippen molar-refractivity contribution in [3.8, 4) is 0 Å². The number of phosphoric ester groups is 1. The van der Waals surface area contributed by atoms with Crippen molar-refractivity contribution in [1.29, 1.82) is 0 Å². The quantitative estimate of drug-likeness (QED) is 0.0147. The van der Waals surface area contributed by atoms with Crippen molar-refractivity contribution in [1.82, 2.24) is 0 Å². The van der Waals surface area contributed by atoms with Gasteiger partial charge in [0.2, 0.25) is 0 Å². The fourth-order valence-electron chi connectivity index (χ4n) is 7.14. The molecule has 0 amide bonds. The summed E-state index contributed by atoms with van der Waals surface area (Å²) < 4.78 is 34.3.